The topological polar surface area (TPSA) is 100 Å². The monoisotopic (exact) mass is 301 g/mol. The summed E-state index contributed by atoms with van der Waals surface area (Å²) in [7, 11) is 0. The molecule has 19 heavy (non-hydrogen) atoms. The van der Waals surface area contributed by atoms with Crippen LogP contribution in [0.15, 0.2) is 0 Å². The van der Waals surface area contributed by atoms with Crippen LogP contribution in [0.2, 0.25) is 0 Å². The summed E-state index contributed by atoms with van der Waals surface area (Å²) in [6.45, 7) is 3.22. The number of hydrogen-bond donors (Lipinski definition) is 1. The van der Waals surface area contributed by atoms with E-state index in [4.69, 9.17) is 5.11 Å². The molecule has 2 rings (SSSR count). The number of nitrogens with zero attached hydrogens (tertiary/aromatic N) is 3. The molecule has 1 fully saturated rings. The second-order valence-electron chi connectivity index (χ2n) is 3.98. The summed E-state index contributed by atoms with van der Waals surface area (Å²) in [4.78, 5) is 35.7. The maximum atomic E-state index is 12.1. The van der Waals surface area contributed by atoms with Crippen molar-refractivity contribution in [1.29, 1.82) is 0 Å². The van der Waals surface area contributed by atoms with Crippen LogP contribution < -0.4 is 4.90 Å². The molecule has 7 nitrogen and oxygen atoms in total. The Morgan fingerprint density at radius 1 is 1.53 bits per heavy atom. The van der Waals surface area contributed by atoms with Crippen LogP contribution in [0.25, 0.3) is 0 Å². The highest BCUT2D eigenvalue weighted by molar-refractivity contribution is 8.01. The molecule has 2 unspecified atom stereocenters. The van der Waals surface area contributed by atoms with E-state index in [2.05, 4.69) is 10.2 Å². The molecule has 0 spiro atoms. The first-order valence-electron chi connectivity index (χ1n) is 5.45. The van der Waals surface area contributed by atoms with Crippen LogP contribution in [0.5, 0.6) is 0 Å². The minimum Gasteiger partial charge on any atom is -0.480 e. The molecule has 2 atom stereocenters. The normalized spacial score (nSPS) is 20.9. The quantitative estimate of drug-likeness (QED) is 0.816. The highest BCUT2D eigenvalue weighted by Gasteiger charge is 2.42. The van der Waals surface area contributed by atoms with Gasteiger partial charge in [-0.15, -0.1) is 22.0 Å². The Kier molecular flexibility index (Phi) is 3.85. The Hall–Kier alpha value is -1.48. The van der Waals surface area contributed by atoms with Gasteiger partial charge >= 0.3 is 5.97 Å². The fourth-order valence-corrected chi connectivity index (χ4v) is 3.37. The number of carbonyl (C=O) groups excluding carboxylic acids is 2. The molecule has 2 heterocycles. The van der Waals surface area contributed by atoms with E-state index in [0.29, 0.717) is 5.01 Å². The molecule has 9 heteroatoms. The molecule has 0 radical (unpaired) electrons. The number of imide groups is 1. The lowest BCUT2D eigenvalue weighted by atomic mass is 10.3. The first kappa shape index (κ1) is 13.9. The summed E-state index contributed by atoms with van der Waals surface area (Å²) in [5, 5.41) is 15.9. The minimum atomic E-state index is -1.00. The van der Waals surface area contributed by atoms with Crippen molar-refractivity contribution >= 4 is 46.0 Å². The lowest BCUT2D eigenvalue weighted by Crippen LogP contribution is -2.31. The number of aliphatic carboxylic acids is 1. The SMILES string of the molecule is Cc1nnc(N2C(=O)CC(SC(C)C(=O)O)C2=O)s1. The number of carboxylic acid groups (broad SMARTS) is 1. The van der Waals surface area contributed by atoms with Crippen molar-refractivity contribution in [3.63, 3.8) is 0 Å². The van der Waals surface area contributed by atoms with Gasteiger partial charge in [-0.1, -0.05) is 11.3 Å². The lowest BCUT2D eigenvalue weighted by molar-refractivity contribution is -0.136. The van der Waals surface area contributed by atoms with Crippen molar-refractivity contribution in [2.45, 2.75) is 30.8 Å². The summed E-state index contributed by atoms with van der Waals surface area (Å²) in [5.41, 5.74) is 0. The van der Waals surface area contributed by atoms with Gasteiger partial charge in [-0.25, -0.2) is 4.90 Å². The largest absolute Gasteiger partial charge is 0.480 e. The van der Waals surface area contributed by atoms with Crippen molar-refractivity contribution in [3.05, 3.63) is 5.01 Å². The fraction of sp³-hybridized carbons (Fsp3) is 0.500. The van der Waals surface area contributed by atoms with E-state index >= 15 is 0 Å². The predicted molar refractivity (Wildman–Crippen MR) is 70.2 cm³/mol. The maximum absolute atomic E-state index is 12.1. The third kappa shape index (κ3) is 2.76. The molecule has 0 aromatic carbocycles. The second kappa shape index (κ2) is 5.25. The van der Waals surface area contributed by atoms with E-state index in [9.17, 15) is 14.4 Å². The smallest absolute Gasteiger partial charge is 0.316 e. The Balaban J connectivity index is 2.15. The molecular weight excluding hydrogens is 290 g/mol. The van der Waals surface area contributed by atoms with E-state index < -0.39 is 22.4 Å². The zero-order chi connectivity index (χ0) is 14.2. The van der Waals surface area contributed by atoms with Crippen molar-refractivity contribution < 1.29 is 19.5 Å². The molecule has 102 valence electrons. The van der Waals surface area contributed by atoms with Gasteiger partial charge in [0.2, 0.25) is 16.9 Å². The van der Waals surface area contributed by atoms with Crippen LogP contribution in [0, 0.1) is 6.92 Å². The fourth-order valence-electron chi connectivity index (χ4n) is 1.59. The molecular formula is C10H11N3O4S2. The molecule has 0 saturated carbocycles. The zero-order valence-electron chi connectivity index (χ0n) is 10.2. The number of amides is 2. The van der Waals surface area contributed by atoms with E-state index in [1.807, 2.05) is 0 Å². The first-order valence-corrected chi connectivity index (χ1v) is 7.21. The minimum absolute atomic E-state index is 0.000250. The Labute approximate surface area is 117 Å². The third-order valence-electron chi connectivity index (χ3n) is 2.53. The lowest BCUT2D eigenvalue weighted by Gasteiger charge is -2.12. The summed E-state index contributed by atoms with van der Waals surface area (Å²) < 4.78 is 0. The van der Waals surface area contributed by atoms with Crippen LogP contribution in [0.4, 0.5) is 5.13 Å². The van der Waals surface area contributed by atoms with Gasteiger partial charge in [0.25, 0.3) is 0 Å². The average molecular weight is 301 g/mol. The van der Waals surface area contributed by atoms with Gasteiger partial charge < -0.3 is 5.11 Å². The number of thioether (sulfide) groups is 1. The number of carboxylic acids is 1. The van der Waals surface area contributed by atoms with Gasteiger partial charge in [-0.3, -0.25) is 14.4 Å². The summed E-state index contributed by atoms with van der Waals surface area (Å²) in [6.07, 6.45) is -0.000250. The van der Waals surface area contributed by atoms with Gasteiger partial charge in [-0.05, 0) is 13.8 Å². The zero-order valence-corrected chi connectivity index (χ0v) is 11.8. The molecule has 1 saturated heterocycles. The number of carbonyl (C=O) groups is 3. The number of rotatable bonds is 4. The first-order chi connectivity index (χ1) is 8.90. The molecule has 2 amide bonds. The van der Waals surface area contributed by atoms with E-state index in [0.717, 1.165) is 28.0 Å². The third-order valence-corrected chi connectivity index (χ3v) is 4.66. The van der Waals surface area contributed by atoms with Crippen LogP contribution in [0.3, 0.4) is 0 Å². The standard InChI is InChI=1S/C10H11N3O4S2/c1-4(9(16)17)18-6-3-7(14)13(8(6)15)10-12-11-5(2)19-10/h4,6H,3H2,1-2H3,(H,16,17). The Morgan fingerprint density at radius 3 is 2.74 bits per heavy atom. The second-order valence-corrected chi connectivity index (χ2v) is 6.69. The van der Waals surface area contributed by atoms with Gasteiger partial charge in [0, 0.05) is 6.42 Å². The average Bonchev–Trinajstić information content (AvgIpc) is 2.84. The van der Waals surface area contributed by atoms with Gasteiger partial charge in [0.1, 0.15) is 10.3 Å². The number of hydrogen-bond acceptors (Lipinski definition) is 7. The van der Waals surface area contributed by atoms with Crippen LogP contribution in [-0.2, 0) is 14.4 Å². The molecule has 1 N–H and O–H groups in total. The summed E-state index contributed by atoms with van der Waals surface area (Å²) in [6, 6.07) is 0. The molecule has 1 aromatic rings. The van der Waals surface area contributed by atoms with Crippen LogP contribution in [0.1, 0.15) is 18.4 Å². The van der Waals surface area contributed by atoms with Crippen LogP contribution >= 0.6 is 23.1 Å². The molecule has 1 aliphatic rings. The van der Waals surface area contributed by atoms with Crippen molar-refractivity contribution in [2.75, 3.05) is 4.90 Å². The van der Waals surface area contributed by atoms with E-state index in [1.165, 1.54) is 6.92 Å². The van der Waals surface area contributed by atoms with Crippen molar-refractivity contribution in [3.8, 4) is 0 Å². The predicted octanol–water partition coefficient (Wildman–Crippen LogP) is 0.685. The highest BCUT2D eigenvalue weighted by Crippen LogP contribution is 2.32. The van der Waals surface area contributed by atoms with Crippen LogP contribution in [-0.4, -0.2) is 43.6 Å². The maximum Gasteiger partial charge on any atom is 0.316 e. The Morgan fingerprint density at radius 2 is 2.21 bits per heavy atom. The van der Waals surface area contributed by atoms with Gasteiger partial charge in [0.05, 0.1) is 5.25 Å². The number of aromatic nitrogens is 2. The molecule has 1 aromatic heterocycles. The molecule has 1 aliphatic heterocycles. The van der Waals surface area contributed by atoms with Gasteiger partial charge in [-0.2, -0.15) is 0 Å². The number of anilines is 1. The molecule has 0 bridgehead atoms. The van der Waals surface area contributed by atoms with E-state index in [-0.39, 0.29) is 17.5 Å². The van der Waals surface area contributed by atoms with E-state index in [1.54, 1.807) is 6.92 Å². The van der Waals surface area contributed by atoms with Gasteiger partial charge in [0.15, 0.2) is 0 Å². The molecule has 0 aliphatic carbocycles. The summed E-state index contributed by atoms with van der Waals surface area (Å²) in [5.74, 6) is -1.79. The number of aryl methyl sites for hydroxylation is 1. The Bertz CT molecular complexity index is 545. The van der Waals surface area contributed by atoms with Crippen molar-refractivity contribution in [1.82, 2.24) is 10.2 Å². The summed E-state index contributed by atoms with van der Waals surface area (Å²) >= 11 is 2.13. The van der Waals surface area contributed by atoms with Crippen molar-refractivity contribution in [2.24, 2.45) is 0 Å². The highest BCUT2D eigenvalue weighted by atomic mass is 32.2.